The zero-order valence-corrected chi connectivity index (χ0v) is 15.4. The Morgan fingerprint density at radius 2 is 2.35 bits per heavy atom. The van der Waals surface area contributed by atoms with Gasteiger partial charge in [-0.1, -0.05) is 12.1 Å². The molecule has 0 bridgehead atoms. The zero-order valence-electron chi connectivity index (χ0n) is 15.4. The Kier molecular flexibility index (Phi) is 6.04. The van der Waals surface area contributed by atoms with Crippen LogP contribution in [0.1, 0.15) is 55.2 Å². The summed E-state index contributed by atoms with van der Waals surface area (Å²) >= 11 is 0. The number of nitrogens with zero attached hydrogens (tertiary/aromatic N) is 2. The van der Waals surface area contributed by atoms with Crippen molar-refractivity contribution in [1.82, 2.24) is 14.9 Å². The van der Waals surface area contributed by atoms with Gasteiger partial charge in [-0.2, -0.15) is 0 Å². The van der Waals surface area contributed by atoms with Crippen LogP contribution in [0.2, 0.25) is 0 Å². The standard InChI is InChI=1S/C20H26FN3O2/c1-14-5-3-8-19-23-13-18(24(14)19)17(12-20(25)22-9-10-26-2)15-6-4-7-16(21)11-15/h4,6-7,11,13-14,17H,3,5,8-10,12H2,1-2H3,(H,22,25)/t14-,17-/m1/s1. The van der Waals surface area contributed by atoms with Crippen molar-refractivity contribution in [2.24, 2.45) is 0 Å². The second kappa shape index (κ2) is 8.45. The van der Waals surface area contributed by atoms with Gasteiger partial charge in [-0.05, 0) is 37.5 Å². The molecule has 26 heavy (non-hydrogen) atoms. The molecule has 2 atom stereocenters. The summed E-state index contributed by atoms with van der Waals surface area (Å²) < 4.78 is 21.0. The molecule has 0 saturated carbocycles. The summed E-state index contributed by atoms with van der Waals surface area (Å²) in [6.07, 6.45) is 5.27. The summed E-state index contributed by atoms with van der Waals surface area (Å²) in [5.74, 6) is 0.462. The lowest BCUT2D eigenvalue weighted by Crippen LogP contribution is -2.29. The summed E-state index contributed by atoms with van der Waals surface area (Å²) in [7, 11) is 1.60. The lowest BCUT2D eigenvalue weighted by atomic mass is 9.91. The molecule has 1 aromatic carbocycles. The van der Waals surface area contributed by atoms with Crippen molar-refractivity contribution in [3.63, 3.8) is 0 Å². The molecule has 6 heteroatoms. The van der Waals surface area contributed by atoms with E-state index in [1.54, 1.807) is 13.2 Å². The Labute approximate surface area is 153 Å². The summed E-state index contributed by atoms with van der Waals surface area (Å²) in [6, 6.07) is 6.85. The molecule has 1 aliphatic rings. The van der Waals surface area contributed by atoms with E-state index in [1.165, 1.54) is 12.1 Å². The molecule has 0 unspecified atom stereocenters. The van der Waals surface area contributed by atoms with Crippen molar-refractivity contribution in [3.8, 4) is 0 Å². The molecule has 0 radical (unpaired) electrons. The van der Waals surface area contributed by atoms with Gasteiger partial charge in [-0.3, -0.25) is 4.79 Å². The van der Waals surface area contributed by atoms with E-state index in [2.05, 4.69) is 21.8 Å². The Hall–Kier alpha value is -2.21. The highest BCUT2D eigenvalue weighted by Crippen LogP contribution is 2.34. The molecule has 140 valence electrons. The maximum absolute atomic E-state index is 13.8. The van der Waals surface area contributed by atoms with E-state index < -0.39 is 0 Å². The van der Waals surface area contributed by atoms with E-state index >= 15 is 0 Å². The molecule has 0 aliphatic carbocycles. The number of amides is 1. The van der Waals surface area contributed by atoms with Crippen molar-refractivity contribution < 1.29 is 13.9 Å². The van der Waals surface area contributed by atoms with Crippen LogP contribution >= 0.6 is 0 Å². The Morgan fingerprint density at radius 3 is 3.12 bits per heavy atom. The lowest BCUT2D eigenvalue weighted by molar-refractivity contribution is -0.121. The van der Waals surface area contributed by atoms with Gasteiger partial charge < -0.3 is 14.6 Å². The number of carbonyl (C=O) groups is 1. The Balaban J connectivity index is 1.91. The number of methoxy groups -OCH3 is 1. The molecule has 1 aromatic heterocycles. The maximum Gasteiger partial charge on any atom is 0.221 e. The van der Waals surface area contributed by atoms with Gasteiger partial charge in [0.15, 0.2) is 0 Å². The number of benzene rings is 1. The quantitative estimate of drug-likeness (QED) is 0.773. The third-order valence-corrected chi connectivity index (χ3v) is 4.99. The summed E-state index contributed by atoms with van der Waals surface area (Å²) in [4.78, 5) is 17.0. The highest BCUT2D eigenvalue weighted by Gasteiger charge is 2.27. The largest absolute Gasteiger partial charge is 0.383 e. The van der Waals surface area contributed by atoms with Crippen LogP contribution in [0.3, 0.4) is 0 Å². The first kappa shape index (κ1) is 18.6. The fourth-order valence-electron chi connectivity index (χ4n) is 3.72. The number of hydrogen-bond acceptors (Lipinski definition) is 3. The van der Waals surface area contributed by atoms with Crippen LogP contribution in [0.15, 0.2) is 30.5 Å². The van der Waals surface area contributed by atoms with Gasteiger partial charge >= 0.3 is 0 Å². The number of aryl methyl sites for hydroxylation is 1. The summed E-state index contributed by atoms with van der Waals surface area (Å²) in [5.41, 5.74) is 1.78. The average Bonchev–Trinajstić information content (AvgIpc) is 3.05. The minimum atomic E-state index is -0.293. The second-order valence-corrected chi connectivity index (χ2v) is 6.87. The normalized spacial score (nSPS) is 17.6. The van der Waals surface area contributed by atoms with Crippen LogP contribution in [0.25, 0.3) is 0 Å². The van der Waals surface area contributed by atoms with E-state index in [9.17, 15) is 9.18 Å². The molecule has 1 amide bonds. The number of rotatable bonds is 7. The average molecular weight is 359 g/mol. The minimum Gasteiger partial charge on any atom is -0.383 e. The molecule has 0 saturated heterocycles. The summed E-state index contributed by atoms with van der Waals surface area (Å²) in [5, 5.41) is 2.86. The van der Waals surface area contributed by atoms with Gasteiger partial charge in [-0.25, -0.2) is 9.37 Å². The van der Waals surface area contributed by atoms with Gasteiger partial charge in [0.1, 0.15) is 11.6 Å². The highest BCUT2D eigenvalue weighted by atomic mass is 19.1. The molecule has 1 aliphatic heterocycles. The molecule has 0 spiro atoms. The van der Waals surface area contributed by atoms with Crippen molar-refractivity contribution in [2.45, 2.75) is 44.6 Å². The van der Waals surface area contributed by atoms with Crippen molar-refractivity contribution in [3.05, 3.63) is 53.4 Å². The fraction of sp³-hybridized carbons (Fsp3) is 0.500. The molecule has 5 nitrogen and oxygen atoms in total. The van der Waals surface area contributed by atoms with E-state index in [4.69, 9.17) is 4.74 Å². The van der Waals surface area contributed by atoms with Gasteiger partial charge in [0, 0.05) is 50.3 Å². The van der Waals surface area contributed by atoms with Gasteiger partial charge in [0.2, 0.25) is 5.91 Å². The molecule has 1 N–H and O–H groups in total. The van der Waals surface area contributed by atoms with Gasteiger partial charge in [-0.15, -0.1) is 0 Å². The van der Waals surface area contributed by atoms with E-state index in [0.29, 0.717) is 19.2 Å². The van der Waals surface area contributed by atoms with Crippen molar-refractivity contribution in [1.29, 1.82) is 0 Å². The molecule has 2 heterocycles. The third kappa shape index (κ3) is 4.12. The number of fused-ring (bicyclic) bond motifs is 1. The van der Waals surface area contributed by atoms with Gasteiger partial charge in [0.25, 0.3) is 0 Å². The van der Waals surface area contributed by atoms with Gasteiger partial charge in [0.05, 0.1) is 6.61 Å². The van der Waals surface area contributed by atoms with Crippen LogP contribution in [-0.4, -0.2) is 35.7 Å². The molecule has 0 fully saturated rings. The number of aromatic nitrogens is 2. The first-order chi connectivity index (χ1) is 12.6. The number of ether oxygens (including phenoxy) is 1. The van der Waals surface area contributed by atoms with Crippen molar-refractivity contribution in [2.75, 3.05) is 20.3 Å². The summed E-state index contributed by atoms with van der Waals surface area (Å²) in [6.45, 7) is 3.11. The smallest absolute Gasteiger partial charge is 0.221 e. The van der Waals surface area contributed by atoms with E-state index in [-0.39, 0.29) is 24.1 Å². The second-order valence-electron chi connectivity index (χ2n) is 6.87. The van der Waals surface area contributed by atoms with Crippen LogP contribution < -0.4 is 5.32 Å². The number of imidazole rings is 1. The predicted octanol–water partition coefficient (Wildman–Crippen LogP) is 3.20. The van der Waals surface area contributed by atoms with E-state index in [1.807, 2.05) is 12.3 Å². The highest BCUT2D eigenvalue weighted by molar-refractivity contribution is 5.77. The van der Waals surface area contributed by atoms with Crippen molar-refractivity contribution >= 4 is 5.91 Å². The Bertz CT molecular complexity index is 759. The molecule has 2 aromatic rings. The molecular formula is C20H26FN3O2. The molecular weight excluding hydrogens is 333 g/mol. The monoisotopic (exact) mass is 359 g/mol. The number of carbonyl (C=O) groups excluding carboxylic acids is 1. The topological polar surface area (TPSA) is 56.1 Å². The zero-order chi connectivity index (χ0) is 18.5. The maximum atomic E-state index is 13.8. The first-order valence-corrected chi connectivity index (χ1v) is 9.17. The number of nitrogens with one attached hydrogen (secondary N) is 1. The Morgan fingerprint density at radius 1 is 1.50 bits per heavy atom. The van der Waals surface area contributed by atoms with Crippen LogP contribution in [0.4, 0.5) is 4.39 Å². The SMILES string of the molecule is COCCNC(=O)C[C@H](c1cccc(F)c1)c1cnc2n1[C@H](C)CCC2. The third-order valence-electron chi connectivity index (χ3n) is 4.99. The van der Waals surface area contributed by atoms with E-state index in [0.717, 1.165) is 36.3 Å². The molecule has 3 rings (SSSR count). The van der Waals surface area contributed by atoms with Crippen LogP contribution in [0.5, 0.6) is 0 Å². The van der Waals surface area contributed by atoms with Crippen LogP contribution in [0, 0.1) is 5.82 Å². The lowest BCUT2D eigenvalue weighted by Gasteiger charge is -2.27. The number of halogens is 1. The minimum absolute atomic E-state index is 0.0738. The fourth-order valence-corrected chi connectivity index (χ4v) is 3.72. The predicted molar refractivity (Wildman–Crippen MR) is 97.6 cm³/mol. The van der Waals surface area contributed by atoms with Crippen LogP contribution in [-0.2, 0) is 16.0 Å². The first-order valence-electron chi connectivity index (χ1n) is 9.17. The number of hydrogen-bond donors (Lipinski definition) is 1.